The fraction of sp³-hybridized carbons (Fsp3) is 0.600. The summed E-state index contributed by atoms with van der Waals surface area (Å²) in [7, 11) is -2.96. The molecule has 0 aliphatic heterocycles. The number of benzene rings is 1. The van der Waals surface area contributed by atoms with Gasteiger partial charge >= 0.3 is 0 Å². The Bertz CT molecular complexity index is 473. The lowest BCUT2D eigenvalue weighted by molar-refractivity contribution is 0.0328. The molecule has 1 N–H and O–H groups in total. The van der Waals surface area contributed by atoms with E-state index in [-0.39, 0.29) is 17.9 Å². The highest BCUT2D eigenvalue weighted by atomic mass is 32.2. The highest BCUT2D eigenvalue weighted by Crippen LogP contribution is 2.23. The summed E-state index contributed by atoms with van der Waals surface area (Å²) in [5, 5.41) is 3.35. The van der Waals surface area contributed by atoms with Crippen LogP contribution in [0, 0.1) is 0 Å². The Morgan fingerprint density at radius 1 is 1.20 bits per heavy atom. The molecule has 114 valence electrons. The number of hydrogen-bond donors (Lipinski definition) is 1. The van der Waals surface area contributed by atoms with E-state index in [0.29, 0.717) is 13.0 Å². The Kier molecular flexibility index (Phi) is 7.19. The molecule has 1 rings (SSSR count). The maximum absolute atomic E-state index is 11.4. The van der Waals surface area contributed by atoms with Gasteiger partial charge in [0.25, 0.3) is 0 Å². The summed E-state index contributed by atoms with van der Waals surface area (Å²) in [5.74, 6) is 0.168. The third-order valence-electron chi connectivity index (χ3n) is 3.11. The second-order valence-corrected chi connectivity index (χ2v) is 7.13. The molecule has 5 heteroatoms. The van der Waals surface area contributed by atoms with Crippen molar-refractivity contribution >= 4 is 9.84 Å². The zero-order valence-corrected chi connectivity index (χ0v) is 13.3. The fourth-order valence-corrected chi connectivity index (χ4v) is 2.91. The average Bonchev–Trinajstić information content (AvgIpc) is 2.41. The van der Waals surface area contributed by atoms with E-state index >= 15 is 0 Å². The first-order valence-corrected chi connectivity index (χ1v) is 9.11. The molecule has 20 heavy (non-hydrogen) atoms. The van der Waals surface area contributed by atoms with E-state index in [9.17, 15) is 8.42 Å². The number of hydrogen-bond acceptors (Lipinski definition) is 4. The molecule has 0 saturated carbocycles. The first-order valence-electron chi connectivity index (χ1n) is 7.05. The summed E-state index contributed by atoms with van der Waals surface area (Å²) in [6.07, 6.45) is 1.70. The lowest BCUT2D eigenvalue weighted by Crippen LogP contribution is -2.37. The molecule has 0 aliphatic rings. The van der Waals surface area contributed by atoms with Gasteiger partial charge in [-0.05, 0) is 25.5 Å². The molecule has 1 aromatic rings. The largest absolute Gasteiger partial charge is 0.372 e. The van der Waals surface area contributed by atoms with Gasteiger partial charge < -0.3 is 10.1 Å². The Morgan fingerprint density at radius 3 is 2.35 bits per heavy atom. The van der Waals surface area contributed by atoms with Gasteiger partial charge in [-0.15, -0.1) is 0 Å². The number of likely N-dealkylation sites (N-methyl/N-ethyl adjacent to an activating group) is 1. The molecule has 0 radical (unpaired) electrons. The predicted octanol–water partition coefficient (Wildman–Crippen LogP) is 2.18. The molecule has 0 heterocycles. The molecular formula is C15H25NO3S. The van der Waals surface area contributed by atoms with Crippen molar-refractivity contribution in [1.29, 1.82) is 0 Å². The second kappa shape index (κ2) is 8.39. The van der Waals surface area contributed by atoms with Crippen molar-refractivity contribution in [3.63, 3.8) is 0 Å². The Hall–Kier alpha value is -0.910. The van der Waals surface area contributed by atoms with Crippen LogP contribution in [0.5, 0.6) is 0 Å². The summed E-state index contributed by atoms with van der Waals surface area (Å²) in [5.41, 5.74) is 1.08. The van der Waals surface area contributed by atoms with E-state index in [1.165, 1.54) is 6.26 Å². The minimum Gasteiger partial charge on any atom is -0.372 e. The van der Waals surface area contributed by atoms with Gasteiger partial charge in [0.15, 0.2) is 0 Å². The van der Waals surface area contributed by atoms with Crippen LogP contribution < -0.4 is 5.32 Å². The molecule has 0 bridgehead atoms. The van der Waals surface area contributed by atoms with Gasteiger partial charge in [-0.3, -0.25) is 0 Å². The zero-order chi connectivity index (χ0) is 15.0. The SMILES string of the molecule is CCNC(CCS(C)(=O)=O)C(OCC)c1ccccc1. The maximum atomic E-state index is 11.4. The van der Waals surface area contributed by atoms with E-state index in [2.05, 4.69) is 5.32 Å². The molecule has 0 aliphatic carbocycles. The van der Waals surface area contributed by atoms with E-state index < -0.39 is 9.84 Å². The van der Waals surface area contributed by atoms with Crippen molar-refractivity contribution < 1.29 is 13.2 Å². The Morgan fingerprint density at radius 2 is 1.85 bits per heavy atom. The lowest BCUT2D eigenvalue weighted by atomic mass is 10.00. The monoisotopic (exact) mass is 299 g/mol. The molecule has 0 saturated heterocycles. The lowest BCUT2D eigenvalue weighted by Gasteiger charge is -2.28. The Balaban J connectivity index is 2.88. The molecule has 2 unspecified atom stereocenters. The summed E-state index contributed by atoms with van der Waals surface area (Å²) >= 11 is 0. The van der Waals surface area contributed by atoms with Crippen LogP contribution in [-0.2, 0) is 14.6 Å². The van der Waals surface area contributed by atoms with Crippen molar-refractivity contribution in [2.24, 2.45) is 0 Å². The highest BCUT2D eigenvalue weighted by Gasteiger charge is 2.23. The van der Waals surface area contributed by atoms with E-state index in [1.807, 2.05) is 44.2 Å². The quantitative estimate of drug-likeness (QED) is 0.759. The van der Waals surface area contributed by atoms with Gasteiger partial charge in [0.2, 0.25) is 0 Å². The van der Waals surface area contributed by atoms with Crippen molar-refractivity contribution in [3.8, 4) is 0 Å². The van der Waals surface area contributed by atoms with E-state index in [4.69, 9.17) is 4.74 Å². The van der Waals surface area contributed by atoms with Crippen LogP contribution in [0.2, 0.25) is 0 Å². The maximum Gasteiger partial charge on any atom is 0.147 e. The highest BCUT2D eigenvalue weighted by molar-refractivity contribution is 7.90. The van der Waals surface area contributed by atoms with Gasteiger partial charge in [-0.25, -0.2) is 8.42 Å². The standard InChI is InChI=1S/C15H25NO3S/c1-4-16-14(11-12-20(3,17)18)15(19-5-2)13-9-7-6-8-10-13/h6-10,14-16H,4-5,11-12H2,1-3H3. The summed E-state index contributed by atoms with van der Waals surface area (Å²) < 4.78 is 28.6. The third kappa shape index (κ3) is 6.03. The van der Waals surface area contributed by atoms with Gasteiger partial charge in [0.1, 0.15) is 9.84 Å². The first kappa shape index (κ1) is 17.1. The van der Waals surface area contributed by atoms with Crippen molar-refractivity contribution in [1.82, 2.24) is 5.32 Å². The molecule has 1 aromatic carbocycles. The van der Waals surface area contributed by atoms with Gasteiger partial charge in [0, 0.05) is 18.9 Å². The van der Waals surface area contributed by atoms with Crippen molar-refractivity contribution in [2.75, 3.05) is 25.2 Å². The molecule has 0 aromatic heterocycles. The van der Waals surface area contributed by atoms with Crippen LogP contribution in [0.15, 0.2) is 30.3 Å². The fourth-order valence-electron chi connectivity index (χ4n) is 2.23. The van der Waals surface area contributed by atoms with E-state index in [1.54, 1.807) is 0 Å². The second-order valence-electron chi connectivity index (χ2n) is 4.87. The molecule has 0 fully saturated rings. The number of sulfone groups is 1. The van der Waals surface area contributed by atoms with Crippen LogP contribution in [0.25, 0.3) is 0 Å². The molecular weight excluding hydrogens is 274 g/mol. The summed E-state index contributed by atoms with van der Waals surface area (Å²) in [6.45, 7) is 5.35. The number of ether oxygens (including phenoxy) is 1. The Labute approximate surface area is 122 Å². The van der Waals surface area contributed by atoms with Crippen LogP contribution in [0.3, 0.4) is 0 Å². The topological polar surface area (TPSA) is 55.4 Å². The number of nitrogens with one attached hydrogen (secondary N) is 1. The minimum atomic E-state index is -2.96. The van der Waals surface area contributed by atoms with Crippen LogP contribution in [0.4, 0.5) is 0 Å². The van der Waals surface area contributed by atoms with Gasteiger partial charge in [-0.1, -0.05) is 37.3 Å². The first-order chi connectivity index (χ1) is 9.48. The molecule has 4 nitrogen and oxygen atoms in total. The summed E-state index contributed by atoms with van der Waals surface area (Å²) in [4.78, 5) is 0. The summed E-state index contributed by atoms with van der Waals surface area (Å²) in [6, 6.07) is 9.95. The molecule has 2 atom stereocenters. The van der Waals surface area contributed by atoms with Crippen LogP contribution in [0.1, 0.15) is 31.9 Å². The normalized spacial score (nSPS) is 14.9. The van der Waals surface area contributed by atoms with Gasteiger partial charge in [-0.2, -0.15) is 0 Å². The molecule has 0 spiro atoms. The molecule has 0 amide bonds. The van der Waals surface area contributed by atoms with Crippen LogP contribution >= 0.6 is 0 Å². The average molecular weight is 299 g/mol. The smallest absolute Gasteiger partial charge is 0.147 e. The predicted molar refractivity (Wildman–Crippen MR) is 82.6 cm³/mol. The zero-order valence-electron chi connectivity index (χ0n) is 12.5. The minimum absolute atomic E-state index is 0.00271. The third-order valence-corrected chi connectivity index (χ3v) is 4.08. The number of rotatable bonds is 9. The van der Waals surface area contributed by atoms with Crippen molar-refractivity contribution in [3.05, 3.63) is 35.9 Å². The van der Waals surface area contributed by atoms with Gasteiger partial charge in [0.05, 0.1) is 11.9 Å². The van der Waals surface area contributed by atoms with Crippen molar-refractivity contribution in [2.45, 2.75) is 32.4 Å². The van der Waals surface area contributed by atoms with Crippen LogP contribution in [-0.4, -0.2) is 39.6 Å². The van der Waals surface area contributed by atoms with E-state index in [0.717, 1.165) is 12.1 Å².